The Bertz CT molecular complexity index is 452. The van der Waals surface area contributed by atoms with Crippen LogP contribution in [0.15, 0.2) is 24.3 Å². The van der Waals surface area contributed by atoms with E-state index in [1.54, 1.807) is 12.1 Å². The molecule has 0 aromatic heterocycles. The van der Waals surface area contributed by atoms with E-state index >= 15 is 0 Å². The van der Waals surface area contributed by atoms with E-state index < -0.39 is 4.92 Å². The molecule has 17 heavy (non-hydrogen) atoms. The fourth-order valence-corrected chi connectivity index (χ4v) is 1.86. The highest BCUT2D eigenvalue weighted by Gasteiger charge is 2.23. The molecule has 0 amide bonds. The lowest BCUT2D eigenvalue weighted by atomic mass is 10.2. The van der Waals surface area contributed by atoms with E-state index in [9.17, 15) is 10.1 Å². The maximum atomic E-state index is 10.5. The van der Waals surface area contributed by atoms with Crippen LogP contribution in [0.25, 0.3) is 0 Å². The Labute approximate surface area is 98.6 Å². The second-order valence-corrected chi connectivity index (χ2v) is 3.90. The topological polar surface area (TPSA) is 82.2 Å². The largest absolute Gasteiger partial charge is 0.318 e. The van der Waals surface area contributed by atoms with Gasteiger partial charge in [-0.15, -0.1) is 0 Å². The quantitative estimate of drug-likeness (QED) is 0.635. The molecule has 1 aliphatic heterocycles. The van der Waals surface area contributed by atoms with Crippen molar-refractivity contribution in [2.75, 3.05) is 12.0 Å². The molecule has 0 bridgehead atoms. The molecule has 1 aromatic rings. The predicted octanol–water partition coefficient (Wildman–Crippen LogP) is 1.91. The van der Waals surface area contributed by atoms with Crippen molar-refractivity contribution in [2.45, 2.75) is 18.9 Å². The van der Waals surface area contributed by atoms with Crippen molar-refractivity contribution in [2.24, 2.45) is 0 Å². The third kappa shape index (κ3) is 2.52. The normalized spacial score (nSPS) is 19.8. The first kappa shape index (κ1) is 11.4. The van der Waals surface area contributed by atoms with Crippen LogP contribution in [0.1, 0.15) is 12.8 Å². The summed E-state index contributed by atoms with van der Waals surface area (Å²) < 4.78 is 0. The molecule has 0 spiro atoms. The highest BCUT2D eigenvalue weighted by Crippen LogP contribution is 2.20. The van der Waals surface area contributed by atoms with Crippen LogP contribution in [0.3, 0.4) is 0 Å². The molecule has 0 aliphatic carbocycles. The maximum Gasteiger partial charge on any atom is 0.269 e. The van der Waals surface area contributed by atoms with Crippen molar-refractivity contribution in [1.29, 1.82) is 5.26 Å². The number of anilines is 1. The standard InChI is InChI=1S/C11H12N4O2/c12-8-11-2-1-7-14(11)13-9-3-5-10(6-4-9)15(16)17/h3-6,11,13H,1-2,7H2. The van der Waals surface area contributed by atoms with Gasteiger partial charge < -0.3 is 5.43 Å². The molecule has 1 fully saturated rings. The molecule has 0 radical (unpaired) electrons. The first-order valence-corrected chi connectivity index (χ1v) is 5.38. The van der Waals surface area contributed by atoms with E-state index in [0.717, 1.165) is 25.1 Å². The highest BCUT2D eigenvalue weighted by atomic mass is 16.6. The molecular formula is C11H12N4O2. The second-order valence-electron chi connectivity index (χ2n) is 3.90. The molecule has 1 aliphatic rings. The molecule has 2 rings (SSSR count). The number of nitriles is 1. The van der Waals surface area contributed by atoms with Gasteiger partial charge >= 0.3 is 0 Å². The summed E-state index contributed by atoms with van der Waals surface area (Å²) in [5.41, 5.74) is 3.92. The monoisotopic (exact) mass is 232 g/mol. The number of hydrogen-bond donors (Lipinski definition) is 1. The number of benzene rings is 1. The van der Waals surface area contributed by atoms with Crippen LogP contribution in [0.5, 0.6) is 0 Å². The number of hydrazine groups is 1. The number of nitro groups is 1. The van der Waals surface area contributed by atoms with Crippen molar-refractivity contribution >= 4 is 11.4 Å². The molecule has 6 heteroatoms. The summed E-state index contributed by atoms with van der Waals surface area (Å²) in [6.45, 7) is 0.815. The molecule has 1 aromatic carbocycles. The van der Waals surface area contributed by atoms with E-state index in [1.807, 2.05) is 5.01 Å². The minimum absolute atomic E-state index is 0.0637. The van der Waals surface area contributed by atoms with Crippen LogP contribution in [-0.4, -0.2) is 22.5 Å². The molecule has 0 saturated carbocycles. The fraction of sp³-hybridized carbons (Fsp3) is 0.364. The first-order chi connectivity index (χ1) is 8.20. The zero-order valence-electron chi connectivity index (χ0n) is 9.17. The van der Waals surface area contributed by atoms with Crippen LogP contribution in [0, 0.1) is 21.4 Å². The third-order valence-electron chi connectivity index (χ3n) is 2.75. The van der Waals surface area contributed by atoms with Crippen molar-refractivity contribution in [3.8, 4) is 6.07 Å². The van der Waals surface area contributed by atoms with Gasteiger partial charge in [-0.2, -0.15) is 5.26 Å². The summed E-state index contributed by atoms with van der Waals surface area (Å²) in [4.78, 5) is 10.1. The Morgan fingerprint density at radius 2 is 2.18 bits per heavy atom. The minimum Gasteiger partial charge on any atom is -0.318 e. The molecule has 1 saturated heterocycles. The number of nitrogens with zero attached hydrogens (tertiary/aromatic N) is 3. The van der Waals surface area contributed by atoms with Crippen LogP contribution < -0.4 is 5.43 Å². The van der Waals surface area contributed by atoms with E-state index in [2.05, 4.69) is 11.5 Å². The fourth-order valence-electron chi connectivity index (χ4n) is 1.86. The summed E-state index contributed by atoms with van der Waals surface area (Å²) in [6.07, 6.45) is 1.84. The number of nitro benzene ring substituents is 1. The van der Waals surface area contributed by atoms with Gasteiger partial charge in [0, 0.05) is 24.4 Å². The molecular weight excluding hydrogens is 220 g/mol. The van der Waals surface area contributed by atoms with Crippen LogP contribution in [0.4, 0.5) is 11.4 Å². The number of non-ortho nitro benzene ring substituents is 1. The van der Waals surface area contributed by atoms with Crippen LogP contribution in [-0.2, 0) is 0 Å². The predicted molar refractivity (Wildman–Crippen MR) is 62.1 cm³/mol. The van der Waals surface area contributed by atoms with E-state index in [-0.39, 0.29) is 11.7 Å². The number of rotatable bonds is 3. The lowest BCUT2D eigenvalue weighted by Gasteiger charge is -2.21. The van der Waals surface area contributed by atoms with Gasteiger partial charge in [0.15, 0.2) is 0 Å². The van der Waals surface area contributed by atoms with E-state index in [1.165, 1.54) is 12.1 Å². The Hall–Kier alpha value is -2.13. The molecule has 1 N–H and O–H groups in total. The van der Waals surface area contributed by atoms with Crippen molar-refractivity contribution in [3.05, 3.63) is 34.4 Å². The van der Waals surface area contributed by atoms with Gasteiger partial charge in [0.25, 0.3) is 5.69 Å². The number of hydrogen-bond acceptors (Lipinski definition) is 5. The SMILES string of the molecule is N#CC1CCCN1Nc1ccc([N+](=O)[O-])cc1. The van der Waals surface area contributed by atoms with Gasteiger partial charge in [-0.05, 0) is 25.0 Å². The Morgan fingerprint density at radius 3 is 2.76 bits per heavy atom. The van der Waals surface area contributed by atoms with Gasteiger partial charge in [0.2, 0.25) is 0 Å². The van der Waals surface area contributed by atoms with Crippen molar-refractivity contribution < 1.29 is 4.92 Å². The lowest BCUT2D eigenvalue weighted by Crippen LogP contribution is -2.33. The summed E-state index contributed by atoms with van der Waals surface area (Å²) >= 11 is 0. The molecule has 1 atom stereocenters. The lowest BCUT2D eigenvalue weighted by molar-refractivity contribution is -0.384. The zero-order valence-corrected chi connectivity index (χ0v) is 9.17. The van der Waals surface area contributed by atoms with Gasteiger partial charge in [-0.25, -0.2) is 5.01 Å². The summed E-state index contributed by atoms with van der Waals surface area (Å²) in [5.74, 6) is 0. The summed E-state index contributed by atoms with van der Waals surface area (Å²) in [6, 6.07) is 8.27. The van der Waals surface area contributed by atoms with Crippen LogP contribution >= 0.6 is 0 Å². The molecule has 1 unspecified atom stereocenters. The van der Waals surface area contributed by atoms with Gasteiger partial charge in [0.05, 0.1) is 11.0 Å². The Morgan fingerprint density at radius 1 is 1.47 bits per heavy atom. The minimum atomic E-state index is -0.433. The van der Waals surface area contributed by atoms with Crippen molar-refractivity contribution in [3.63, 3.8) is 0 Å². The smallest absolute Gasteiger partial charge is 0.269 e. The number of nitrogens with one attached hydrogen (secondary N) is 1. The van der Waals surface area contributed by atoms with E-state index in [4.69, 9.17) is 5.26 Å². The average molecular weight is 232 g/mol. The first-order valence-electron chi connectivity index (χ1n) is 5.38. The average Bonchev–Trinajstić information content (AvgIpc) is 2.77. The van der Waals surface area contributed by atoms with Gasteiger partial charge in [-0.1, -0.05) is 0 Å². The van der Waals surface area contributed by atoms with Crippen molar-refractivity contribution in [1.82, 2.24) is 5.01 Å². The molecule has 1 heterocycles. The summed E-state index contributed by atoms with van der Waals surface area (Å²) in [7, 11) is 0. The highest BCUT2D eigenvalue weighted by molar-refractivity contribution is 5.48. The molecule has 6 nitrogen and oxygen atoms in total. The van der Waals surface area contributed by atoms with E-state index in [0.29, 0.717) is 0 Å². The summed E-state index contributed by atoms with van der Waals surface area (Å²) in [5, 5.41) is 21.3. The maximum absolute atomic E-state index is 10.5. The third-order valence-corrected chi connectivity index (χ3v) is 2.75. The zero-order chi connectivity index (χ0) is 12.3. The second kappa shape index (κ2) is 4.80. The van der Waals surface area contributed by atoms with Gasteiger partial charge in [0.1, 0.15) is 6.04 Å². The van der Waals surface area contributed by atoms with Gasteiger partial charge in [-0.3, -0.25) is 10.1 Å². The molecule has 88 valence electrons. The Kier molecular flexibility index (Phi) is 3.21. The van der Waals surface area contributed by atoms with Crippen LogP contribution in [0.2, 0.25) is 0 Å². The Balaban J connectivity index is 2.04.